The Morgan fingerprint density at radius 2 is 2.15 bits per heavy atom. The Kier molecular flexibility index (Phi) is 5.37. The molecule has 1 atom stereocenters. The lowest BCUT2D eigenvalue weighted by Crippen LogP contribution is -2.37. The molecule has 1 aromatic carbocycles. The zero-order chi connectivity index (χ0) is 14.5. The van der Waals surface area contributed by atoms with E-state index in [2.05, 4.69) is 21.2 Å². The zero-order valence-electron chi connectivity index (χ0n) is 11.2. The highest BCUT2D eigenvalue weighted by Crippen LogP contribution is 2.21. The van der Waals surface area contributed by atoms with Crippen molar-refractivity contribution < 1.29 is 9.18 Å². The topological polar surface area (TPSA) is 58.4 Å². The number of carbonyl (C=O) groups excluding carboxylic acids is 1. The molecule has 1 aliphatic rings. The molecule has 0 bridgehead atoms. The van der Waals surface area contributed by atoms with Crippen molar-refractivity contribution >= 4 is 27.5 Å². The third-order valence-corrected chi connectivity index (χ3v) is 4.06. The van der Waals surface area contributed by atoms with Crippen molar-refractivity contribution in [2.75, 3.05) is 25.0 Å². The lowest BCUT2D eigenvalue weighted by molar-refractivity contribution is -0.130. The molecule has 0 spiro atoms. The quantitative estimate of drug-likeness (QED) is 0.862. The number of nitrogens with two attached hydrogens (primary N) is 1. The van der Waals surface area contributed by atoms with Gasteiger partial charge < -0.3 is 16.0 Å². The van der Waals surface area contributed by atoms with Crippen LogP contribution < -0.4 is 11.1 Å². The Hall–Kier alpha value is -1.14. The van der Waals surface area contributed by atoms with Gasteiger partial charge >= 0.3 is 0 Å². The smallest absolute Gasteiger partial charge is 0.224 e. The van der Waals surface area contributed by atoms with Crippen LogP contribution in [0.3, 0.4) is 0 Å². The second-order valence-electron chi connectivity index (χ2n) is 5.00. The van der Waals surface area contributed by atoms with Gasteiger partial charge in [-0.15, -0.1) is 0 Å². The largest absolute Gasteiger partial charge is 0.380 e. The summed E-state index contributed by atoms with van der Waals surface area (Å²) in [6, 6.07) is 4.53. The minimum absolute atomic E-state index is 0.131. The first kappa shape index (κ1) is 15.3. The van der Waals surface area contributed by atoms with Gasteiger partial charge in [-0.25, -0.2) is 4.39 Å². The van der Waals surface area contributed by atoms with E-state index in [0.717, 1.165) is 31.6 Å². The van der Waals surface area contributed by atoms with Crippen molar-refractivity contribution in [1.29, 1.82) is 0 Å². The standard InChI is InChI=1S/C14H19BrFN3O/c15-12-7-10(3-4-13(12)16)18-11(9-17)8-14(20)19-5-1-2-6-19/h3-4,7,11,18H,1-2,5-6,8-9,17H2. The highest BCUT2D eigenvalue weighted by molar-refractivity contribution is 9.10. The Balaban J connectivity index is 1.94. The number of likely N-dealkylation sites (tertiary alicyclic amines) is 1. The number of benzene rings is 1. The van der Waals surface area contributed by atoms with E-state index in [1.165, 1.54) is 6.07 Å². The van der Waals surface area contributed by atoms with Gasteiger partial charge in [-0.05, 0) is 47.0 Å². The molecule has 0 aromatic heterocycles. The van der Waals surface area contributed by atoms with Gasteiger partial charge in [-0.3, -0.25) is 4.79 Å². The zero-order valence-corrected chi connectivity index (χ0v) is 12.8. The van der Waals surface area contributed by atoms with Crippen LogP contribution in [0.4, 0.5) is 10.1 Å². The molecule has 0 saturated carbocycles. The van der Waals surface area contributed by atoms with E-state index in [9.17, 15) is 9.18 Å². The maximum Gasteiger partial charge on any atom is 0.224 e. The van der Waals surface area contributed by atoms with E-state index < -0.39 is 0 Å². The molecule has 0 aliphatic carbocycles. The molecule has 6 heteroatoms. The molecule has 4 nitrogen and oxygen atoms in total. The number of hydrogen-bond acceptors (Lipinski definition) is 3. The predicted octanol–water partition coefficient (Wildman–Crippen LogP) is 2.34. The fraction of sp³-hybridized carbons (Fsp3) is 0.500. The maximum absolute atomic E-state index is 13.2. The van der Waals surface area contributed by atoms with Crippen LogP contribution in [0.25, 0.3) is 0 Å². The van der Waals surface area contributed by atoms with Crippen molar-refractivity contribution in [2.24, 2.45) is 5.73 Å². The molecular formula is C14H19BrFN3O. The van der Waals surface area contributed by atoms with Gasteiger partial charge in [0.1, 0.15) is 5.82 Å². The first-order valence-electron chi connectivity index (χ1n) is 6.79. The van der Waals surface area contributed by atoms with E-state index in [0.29, 0.717) is 17.4 Å². The van der Waals surface area contributed by atoms with Crippen molar-refractivity contribution in [3.05, 3.63) is 28.5 Å². The number of anilines is 1. The number of nitrogens with one attached hydrogen (secondary N) is 1. The molecule has 1 unspecified atom stereocenters. The van der Waals surface area contributed by atoms with E-state index in [4.69, 9.17) is 5.73 Å². The van der Waals surface area contributed by atoms with Gasteiger partial charge in [-0.2, -0.15) is 0 Å². The van der Waals surface area contributed by atoms with Crippen molar-refractivity contribution in [1.82, 2.24) is 4.90 Å². The summed E-state index contributed by atoms with van der Waals surface area (Å²) in [4.78, 5) is 14.0. The lowest BCUT2D eigenvalue weighted by Gasteiger charge is -2.22. The lowest BCUT2D eigenvalue weighted by atomic mass is 10.1. The minimum Gasteiger partial charge on any atom is -0.380 e. The van der Waals surface area contributed by atoms with E-state index >= 15 is 0 Å². The monoisotopic (exact) mass is 343 g/mol. The minimum atomic E-state index is -0.312. The van der Waals surface area contributed by atoms with Gasteiger partial charge in [-0.1, -0.05) is 0 Å². The summed E-state index contributed by atoms with van der Waals surface area (Å²) in [5, 5.41) is 3.18. The first-order chi connectivity index (χ1) is 9.60. The Morgan fingerprint density at radius 1 is 1.45 bits per heavy atom. The average Bonchev–Trinajstić information content (AvgIpc) is 2.96. The van der Waals surface area contributed by atoms with Crippen molar-refractivity contribution in [2.45, 2.75) is 25.3 Å². The molecule has 1 fully saturated rings. The summed E-state index contributed by atoms with van der Waals surface area (Å²) in [5.41, 5.74) is 6.47. The van der Waals surface area contributed by atoms with Gasteiger partial charge in [0.05, 0.1) is 4.47 Å². The van der Waals surface area contributed by atoms with Crippen LogP contribution in [0.5, 0.6) is 0 Å². The van der Waals surface area contributed by atoms with Crippen LogP contribution in [0.15, 0.2) is 22.7 Å². The van der Waals surface area contributed by atoms with Crippen LogP contribution in [-0.4, -0.2) is 36.5 Å². The fourth-order valence-electron chi connectivity index (χ4n) is 2.32. The first-order valence-corrected chi connectivity index (χ1v) is 7.59. The fourth-order valence-corrected chi connectivity index (χ4v) is 2.70. The second-order valence-corrected chi connectivity index (χ2v) is 5.85. The average molecular weight is 344 g/mol. The molecule has 3 N–H and O–H groups in total. The van der Waals surface area contributed by atoms with Gasteiger partial charge in [0.2, 0.25) is 5.91 Å². The highest BCUT2D eigenvalue weighted by Gasteiger charge is 2.21. The van der Waals surface area contributed by atoms with Crippen LogP contribution in [0.1, 0.15) is 19.3 Å². The number of amides is 1. The molecule has 20 heavy (non-hydrogen) atoms. The summed E-state index contributed by atoms with van der Waals surface area (Å²) in [6.07, 6.45) is 2.53. The summed E-state index contributed by atoms with van der Waals surface area (Å²) in [5.74, 6) is -0.181. The highest BCUT2D eigenvalue weighted by atomic mass is 79.9. The molecule has 0 radical (unpaired) electrons. The van der Waals surface area contributed by atoms with Crippen molar-refractivity contribution in [3.8, 4) is 0 Å². The molecular weight excluding hydrogens is 325 g/mol. The summed E-state index contributed by atoms with van der Waals surface area (Å²) in [6.45, 7) is 2.05. The van der Waals surface area contributed by atoms with Crippen LogP contribution in [0, 0.1) is 5.82 Å². The van der Waals surface area contributed by atoms with Gasteiger partial charge in [0.25, 0.3) is 0 Å². The van der Waals surface area contributed by atoms with Crippen LogP contribution in [-0.2, 0) is 4.79 Å². The van der Waals surface area contributed by atoms with E-state index in [-0.39, 0.29) is 17.8 Å². The SMILES string of the molecule is NCC(CC(=O)N1CCCC1)Nc1ccc(F)c(Br)c1. The Bertz CT molecular complexity index is 477. The molecule has 110 valence electrons. The number of carbonyl (C=O) groups is 1. The van der Waals surface area contributed by atoms with Gasteiger partial charge in [0, 0.05) is 37.8 Å². The molecule has 1 aliphatic heterocycles. The van der Waals surface area contributed by atoms with Gasteiger partial charge in [0.15, 0.2) is 0 Å². The third kappa shape index (κ3) is 3.93. The Morgan fingerprint density at radius 3 is 2.75 bits per heavy atom. The van der Waals surface area contributed by atoms with E-state index in [1.54, 1.807) is 12.1 Å². The summed E-state index contributed by atoms with van der Waals surface area (Å²) in [7, 11) is 0. The third-order valence-electron chi connectivity index (χ3n) is 3.45. The second kappa shape index (κ2) is 7.04. The van der Waals surface area contributed by atoms with Crippen LogP contribution >= 0.6 is 15.9 Å². The molecule has 1 saturated heterocycles. The maximum atomic E-state index is 13.2. The summed E-state index contributed by atoms with van der Waals surface area (Å²) >= 11 is 3.14. The number of rotatable bonds is 5. The Labute approximate surface area is 126 Å². The number of halogens is 2. The van der Waals surface area contributed by atoms with Crippen LogP contribution in [0.2, 0.25) is 0 Å². The number of nitrogens with zero attached hydrogens (tertiary/aromatic N) is 1. The molecule has 2 rings (SSSR count). The normalized spacial score (nSPS) is 16.2. The number of hydrogen-bond donors (Lipinski definition) is 2. The summed E-state index contributed by atoms with van der Waals surface area (Å²) < 4.78 is 13.6. The van der Waals surface area contributed by atoms with E-state index in [1.807, 2.05) is 4.90 Å². The predicted molar refractivity (Wildman–Crippen MR) is 81.0 cm³/mol. The van der Waals surface area contributed by atoms with Crippen molar-refractivity contribution in [3.63, 3.8) is 0 Å². The molecule has 1 aromatic rings. The molecule has 1 heterocycles. The molecule has 1 amide bonds.